The molecule has 350 valence electrons. The highest BCUT2D eigenvalue weighted by Gasteiger charge is 2.52. The van der Waals surface area contributed by atoms with Crippen molar-refractivity contribution in [3.8, 4) is 33.4 Å². The second-order valence-electron chi connectivity index (χ2n) is 21.0. The van der Waals surface area contributed by atoms with Gasteiger partial charge >= 0.3 is 0 Å². The van der Waals surface area contributed by atoms with E-state index in [0.717, 1.165) is 17.1 Å². The minimum atomic E-state index is -0.544. The number of nitrogens with zero attached hydrogens (tertiary/aromatic N) is 1. The van der Waals surface area contributed by atoms with Crippen molar-refractivity contribution in [1.82, 2.24) is 0 Å². The van der Waals surface area contributed by atoms with Crippen LogP contribution in [0.2, 0.25) is 0 Å². The van der Waals surface area contributed by atoms with Gasteiger partial charge in [-0.1, -0.05) is 231 Å². The molecule has 0 aromatic heterocycles. The third kappa shape index (κ3) is 5.58. The van der Waals surface area contributed by atoms with Gasteiger partial charge in [0, 0.05) is 16.9 Å². The van der Waals surface area contributed by atoms with E-state index in [1.807, 2.05) is 0 Å². The van der Waals surface area contributed by atoms with Crippen molar-refractivity contribution in [1.29, 1.82) is 0 Å². The minimum absolute atomic E-state index is 0.544. The number of hydrogen-bond acceptors (Lipinski definition) is 1. The van der Waals surface area contributed by atoms with Crippen LogP contribution >= 0.6 is 0 Å². The Balaban J connectivity index is 1.03. The van der Waals surface area contributed by atoms with Crippen LogP contribution in [0.1, 0.15) is 22.3 Å². The molecule has 0 aliphatic heterocycles. The molecule has 0 atom stereocenters. The molecule has 0 radical (unpaired) electrons. The zero-order valence-corrected chi connectivity index (χ0v) is 41.4. The van der Waals surface area contributed by atoms with E-state index in [-0.39, 0.29) is 0 Å². The largest absolute Gasteiger partial charge is 0.310 e. The molecule has 76 heavy (non-hydrogen) atoms. The van der Waals surface area contributed by atoms with Gasteiger partial charge in [0.05, 0.1) is 11.1 Å². The van der Waals surface area contributed by atoms with Crippen molar-refractivity contribution >= 4 is 103 Å². The van der Waals surface area contributed by atoms with Gasteiger partial charge in [-0.15, -0.1) is 0 Å². The molecule has 15 aromatic carbocycles. The quantitative estimate of drug-likeness (QED) is 0.159. The molecular formula is C75H45N. The van der Waals surface area contributed by atoms with Gasteiger partial charge < -0.3 is 4.90 Å². The Morgan fingerprint density at radius 1 is 0.211 bits per heavy atom. The summed E-state index contributed by atoms with van der Waals surface area (Å²) in [7, 11) is 0. The van der Waals surface area contributed by atoms with Crippen LogP contribution in [-0.2, 0) is 5.41 Å². The van der Waals surface area contributed by atoms with Gasteiger partial charge in [0.2, 0.25) is 0 Å². The van der Waals surface area contributed by atoms with E-state index >= 15 is 0 Å². The Kier molecular flexibility index (Phi) is 8.55. The normalized spacial score (nSPS) is 13.1. The Labute approximate surface area is 439 Å². The van der Waals surface area contributed by atoms with Crippen LogP contribution in [0.4, 0.5) is 17.1 Å². The standard InChI is InChI=1S/C75H45N/c1-2-18-51-46(17-1)33-34-47-41-48(35-38-52(47)51)66-44-69-65-29-13-16-32-72(65)75(70-30-14-11-27-63(70)64-28-12-15-31-71(64)75)73(69)45-74(66)76(49-36-39-61-57-23-5-3-19-53(57)55-21-7-9-25-59(55)67(61)42-49)50-37-40-62-58-24-6-4-20-54(58)56-22-8-10-26-60(56)68(62)43-50/h1-45H. The highest BCUT2D eigenvalue weighted by atomic mass is 15.1. The lowest BCUT2D eigenvalue weighted by atomic mass is 9.70. The molecule has 0 amide bonds. The molecule has 0 bridgehead atoms. The first kappa shape index (κ1) is 41.6. The van der Waals surface area contributed by atoms with Gasteiger partial charge in [-0.25, -0.2) is 0 Å². The molecule has 2 aliphatic carbocycles. The van der Waals surface area contributed by atoms with Gasteiger partial charge in [-0.3, -0.25) is 0 Å². The van der Waals surface area contributed by atoms with Crippen LogP contribution < -0.4 is 4.90 Å². The number of rotatable bonds is 4. The minimum Gasteiger partial charge on any atom is -0.310 e. The fourth-order valence-electron chi connectivity index (χ4n) is 14.2. The Morgan fingerprint density at radius 2 is 0.579 bits per heavy atom. The molecule has 15 aromatic rings. The second kappa shape index (κ2) is 15.6. The van der Waals surface area contributed by atoms with Crippen LogP contribution in [-0.4, -0.2) is 0 Å². The van der Waals surface area contributed by atoms with E-state index in [1.54, 1.807) is 0 Å². The molecule has 17 rings (SSSR count). The molecule has 0 saturated heterocycles. The van der Waals surface area contributed by atoms with Crippen molar-refractivity contribution < 1.29 is 0 Å². The predicted molar refractivity (Wildman–Crippen MR) is 323 cm³/mol. The topological polar surface area (TPSA) is 3.24 Å². The number of anilines is 3. The summed E-state index contributed by atoms with van der Waals surface area (Å²) in [6.07, 6.45) is 0. The maximum absolute atomic E-state index is 2.60. The molecular weight excluding hydrogens is 915 g/mol. The van der Waals surface area contributed by atoms with Crippen LogP contribution in [0.5, 0.6) is 0 Å². The molecule has 0 unspecified atom stereocenters. The summed E-state index contributed by atoms with van der Waals surface area (Å²) in [5.74, 6) is 0. The van der Waals surface area contributed by atoms with Gasteiger partial charge in [-0.2, -0.15) is 0 Å². The zero-order chi connectivity index (χ0) is 49.6. The van der Waals surface area contributed by atoms with E-state index in [2.05, 4.69) is 278 Å². The number of benzene rings is 15. The lowest BCUT2D eigenvalue weighted by Crippen LogP contribution is -2.26. The van der Waals surface area contributed by atoms with Crippen molar-refractivity contribution in [2.45, 2.75) is 5.41 Å². The smallest absolute Gasteiger partial charge is 0.0726 e. The molecule has 1 heteroatoms. The van der Waals surface area contributed by atoms with Gasteiger partial charge in [0.25, 0.3) is 0 Å². The van der Waals surface area contributed by atoms with Gasteiger partial charge in [-0.05, 0) is 179 Å². The Morgan fingerprint density at radius 3 is 1.08 bits per heavy atom. The van der Waals surface area contributed by atoms with E-state index in [1.165, 1.54) is 142 Å². The third-order valence-electron chi connectivity index (χ3n) is 17.4. The van der Waals surface area contributed by atoms with Crippen molar-refractivity contribution in [2.24, 2.45) is 0 Å². The summed E-state index contributed by atoms with van der Waals surface area (Å²) in [5, 5.41) is 20.1. The summed E-state index contributed by atoms with van der Waals surface area (Å²) in [6.45, 7) is 0. The molecule has 0 N–H and O–H groups in total. The Hall–Kier alpha value is -9.82. The third-order valence-corrected chi connectivity index (χ3v) is 17.4. The first-order valence-corrected chi connectivity index (χ1v) is 26.6. The molecule has 2 aliphatic rings. The van der Waals surface area contributed by atoms with Crippen molar-refractivity contribution in [3.63, 3.8) is 0 Å². The fourth-order valence-corrected chi connectivity index (χ4v) is 14.2. The molecule has 1 spiro atoms. The average Bonchev–Trinajstić information content (AvgIpc) is 4.09. The summed E-state index contributed by atoms with van der Waals surface area (Å²) in [5.41, 5.74) is 15.6. The fraction of sp³-hybridized carbons (Fsp3) is 0.0133. The first-order valence-electron chi connectivity index (χ1n) is 26.6. The van der Waals surface area contributed by atoms with E-state index < -0.39 is 5.41 Å². The SMILES string of the molecule is c1ccc2c(c1)-c1ccccc1C21c2ccccc2-c2cc(-c3ccc4c(ccc5ccccc54)c3)c(N(c3ccc4c5ccccc5c5ccccc5c4c3)c3ccc4c5ccccc5c5ccccc5c4c3)cc21. The van der Waals surface area contributed by atoms with E-state index in [0.29, 0.717) is 0 Å². The summed E-state index contributed by atoms with van der Waals surface area (Å²) < 4.78 is 0. The highest BCUT2D eigenvalue weighted by Crippen LogP contribution is 2.64. The maximum atomic E-state index is 2.60. The zero-order valence-electron chi connectivity index (χ0n) is 41.4. The number of hydrogen-bond donors (Lipinski definition) is 0. The number of fused-ring (bicyclic) bond motifs is 25. The van der Waals surface area contributed by atoms with Gasteiger partial charge in [0.1, 0.15) is 0 Å². The summed E-state index contributed by atoms with van der Waals surface area (Å²) in [4.78, 5) is 2.59. The first-order chi connectivity index (χ1) is 37.7. The van der Waals surface area contributed by atoms with Crippen LogP contribution in [0, 0.1) is 0 Å². The lowest BCUT2D eigenvalue weighted by molar-refractivity contribution is 0.794. The molecule has 0 fully saturated rings. The van der Waals surface area contributed by atoms with E-state index in [9.17, 15) is 0 Å². The monoisotopic (exact) mass is 959 g/mol. The van der Waals surface area contributed by atoms with Crippen molar-refractivity contribution in [3.05, 3.63) is 295 Å². The van der Waals surface area contributed by atoms with Crippen molar-refractivity contribution in [2.75, 3.05) is 4.90 Å². The average molecular weight is 960 g/mol. The molecule has 0 saturated carbocycles. The van der Waals surface area contributed by atoms with Crippen LogP contribution in [0.25, 0.3) is 120 Å². The Bertz CT molecular complexity index is 4740. The highest BCUT2D eigenvalue weighted by molar-refractivity contribution is 6.27. The van der Waals surface area contributed by atoms with Crippen LogP contribution in [0.3, 0.4) is 0 Å². The maximum Gasteiger partial charge on any atom is 0.0726 e. The van der Waals surface area contributed by atoms with Gasteiger partial charge in [0.15, 0.2) is 0 Å². The lowest BCUT2D eigenvalue weighted by Gasteiger charge is -2.33. The second-order valence-corrected chi connectivity index (χ2v) is 21.0. The molecule has 0 heterocycles. The summed E-state index contributed by atoms with van der Waals surface area (Å²) in [6, 6.07) is 103. The molecule has 1 nitrogen and oxygen atoms in total. The summed E-state index contributed by atoms with van der Waals surface area (Å²) >= 11 is 0. The predicted octanol–water partition coefficient (Wildman–Crippen LogP) is 20.4. The van der Waals surface area contributed by atoms with Crippen LogP contribution in [0.15, 0.2) is 273 Å². The van der Waals surface area contributed by atoms with E-state index in [4.69, 9.17) is 0 Å².